The molecule has 2 N–H and O–H groups in total. The van der Waals surface area contributed by atoms with E-state index in [1.807, 2.05) is 69.3 Å². The Morgan fingerprint density at radius 3 is 1.80 bits per heavy atom. The lowest BCUT2D eigenvalue weighted by atomic mass is 9.98. The molecule has 0 saturated carbocycles. The van der Waals surface area contributed by atoms with Crippen LogP contribution in [0, 0.1) is 0 Å². The third kappa shape index (κ3) is 9.38. The lowest BCUT2D eigenvalue weighted by Gasteiger charge is -2.36. The third-order valence-electron chi connectivity index (χ3n) is 6.01. The second kappa shape index (κ2) is 13.4. The van der Waals surface area contributed by atoms with Gasteiger partial charge in [0.25, 0.3) is 5.91 Å². The van der Waals surface area contributed by atoms with Crippen LogP contribution in [0.1, 0.15) is 70.3 Å². The number of hydrogen-bond acceptors (Lipinski definition) is 5. The van der Waals surface area contributed by atoms with Gasteiger partial charge in [0.2, 0.25) is 5.91 Å². The second-order valence-electron chi connectivity index (χ2n) is 11.9. The SMILES string of the molecule is COc1ccc(CN(C(=O)C(NC(=O)OC(C)(C)C)c2ccccc2)C(C(=O)NC(C)(C)C)c2ccccc2)cc1. The van der Waals surface area contributed by atoms with E-state index in [1.54, 1.807) is 64.3 Å². The zero-order valence-corrected chi connectivity index (χ0v) is 24.9. The predicted octanol–water partition coefficient (Wildman–Crippen LogP) is 5.95. The van der Waals surface area contributed by atoms with Crippen molar-refractivity contribution in [1.82, 2.24) is 15.5 Å². The highest BCUT2D eigenvalue weighted by Crippen LogP contribution is 2.29. The maximum Gasteiger partial charge on any atom is 0.408 e. The molecule has 0 aliphatic rings. The lowest BCUT2D eigenvalue weighted by molar-refractivity contribution is -0.144. The van der Waals surface area contributed by atoms with Crippen molar-refractivity contribution < 1.29 is 23.9 Å². The summed E-state index contributed by atoms with van der Waals surface area (Å²) in [5, 5.41) is 5.81. The minimum absolute atomic E-state index is 0.0965. The number of nitrogens with one attached hydrogen (secondary N) is 2. The molecule has 0 aliphatic carbocycles. The van der Waals surface area contributed by atoms with Crippen LogP contribution in [0.2, 0.25) is 0 Å². The Kier molecular flexibility index (Phi) is 10.2. The first-order valence-corrected chi connectivity index (χ1v) is 13.6. The average Bonchev–Trinajstić information content (AvgIpc) is 2.90. The van der Waals surface area contributed by atoms with Crippen LogP contribution in [0.4, 0.5) is 4.79 Å². The van der Waals surface area contributed by atoms with Crippen molar-refractivity contribution in [3.63, 3.8) is 0 Å². The number of amides is 3. The molecule has 0 spiro atoms. The van der Waals surface area contributed by atoms with Crippen LogP contribution in [0.25, 0.3) is 0 Å². The van der Waals surface area contributed by atoms with Crippen molar-refractivity contribution in [3.8, 4) is 5.75 Å². The topological polar surface area (TPSA) is 97.0 Å². The zero-order valence-electron chi connectivity index (χ0n) is 24.9. The molecule has 0 aromatic heterocycles. The fourth-order valence-corrected chi connectivity index (χ4v) is 4.29. The van der Waals surface area contributed by atoms with Crippen LogP contribution in [0.3, 0.4) is 0 Å². The maximum atomic E-state index is 14.6. The van der Waals surface area contributed by atoms with Gasteiger partial charge in [-0.15, -0.1) is 0 Å². The second-order valence-corrected chi connectivity index (χ2v) is 11.9. The first-order valence-electron chi connectivity index (χ1n) is 13.6. The van der Waals surface area contributed by atoms with Crippen molar-refractivity contribution in [2.75, 3.05) is 7.11 Å². The van der Waals surface area contributed by atoms with Gasteiger partial charge in [0, 0.05) is 12.1 Å². The Bertz CT molecular complexity index is 1300. The lowest BCUT2D eigenvalue weighted by Crippen LogP contribution is -2.51. The van der Waals surface area contributed by atoms with E-state index in [4.69, 9.17) is 9.47 Å². The summed E-state index contributed by atoms with van der Waals surface area (Å²) >= 11 is 0. The fraction of sp³-hybridized carbons (Fsp3) is 0.364. The van der Waals surface area contributed by atoms with Crippen LogP contribution < -0.4 is 15.4 Å². The minimum Gasteiger partial charge on any atom is -0.497 e. The number of nitrogens with zero attached hydrogens (tertiary/aromatic N) is 1. The van der Waals surface area contributed by atoms with E-state index in [2.05, 4.69) is 10.6 Å². The predicted molar refractivity (Wildman–Crippen MR) is 159 cm³/mol. The Hall–Kier alpha value is -4.33. The van der Waals surface area contributed by atoms with Crippen LogP contribution in [0.5, 0.6) is 5.75 Å². The van der Waals surface area contributed by atoms with E-state index in [1.165, 1.54) is 4.90 Å². The Balaban J connectivity index is 2.15. The van der Waals surface area contributed by atoms with Crippen molar-refractivity contribution >= 4 is 17.9 Å². The molecule has 0 saturated heterocycles. The molecule has 3 aromatic rings. The molecule has 0 aliphatic heterocycles. The molecule has 3 aromatic carbocycles. The van der Waals surface area contributed by atoms with Crippen LogP contribution >= 0.6 is 0 Å². The first-order chi connectivity index (χ1) is 19.3. The van der Waals surface area contributed by atoms with Gasteiger partial charge < -0.3 is 25.0 Å². The number of methoxy groups -OCH3 is 1. The summed E-state index contributed by atoms with van der Waals surface area (Å²) in [4.78, 5) is 43.0. The Labute approximate surface area is 243 Å². The van der Waals surface area contributed by atoms with Crippen LogP contribution in [-0.4, -0.2) is 41.1 Å². The molecular formula is C33H41N3O5. The molecule has 3 amide bonds. The molecule has 3 rings (SSSR count). The monoisotopic (exact) mass is 559 g/mol. The van der Waals surface area contributed by atoms with E-state index in [0.717, 1.165) is 5.56 Å². The number of carbonyl (C=O) groups is 3. The number of benzene rings is 3. The van der Waals surface area contributed by atoms with Gasteiger partial charge in [-0.05, 0) is 70.4 Å². The number of rotatable bonds is 9. The molecule has 8 heteroatoms. The van der Waals surface area contributed by atoms with E-state index >= 15 is 0 Å². The molecule has 8 nitrogen and oxygen atoms in total. The summed E-state index contributed by atoms with van der Waals surface area (Å²) in [6.07, 6.45) is -0.737. The molecule has 0 heterocycles. The summed E-state index contributed by atoms with van der Waals surface area (Å²) in [5.41, 5.74) is 0.669. The molecule has 0 radical (unpaired) electrons. The van der Waals surface area contributed by atoms with E-state index < -0.39 is 35.2 Å². The number of hydrogen-bond donors (Lipinski definition) is 2. The first kappa shape index (κ1) is 31.2. The minimum atomic E-state index is -1.11. The van der Waals surface area contributed by atoms with Gasteiger partial charge in [0.1, 0.15) is 23.4 Å². The maximum absolute atomic E-state index is 14.6. The molecule has 0 bridgehead atoms. The number of ether oxygens (including phenoxy) is 2. The molecule has 0 fully saturated rings. The van der Waals surface area contributed by atoms with Crippen molar-refractivity contribution in [2.45, 2.75) is 71.3 Å². The van der Waals surface area contributed by atoms with Crippen molar-refractivity contribution in [3.05, 3.63) is 102 Å². The van der Waals surface area contributed by atoms with Gasteiger partial charge >= 0.3 is 6.09 Å². The van der Waals surface area contributed by atoms with Crippen molar-refractivity contribution in [2.24, 2.45) is 0 Å². The normalized spacial score (nSPS) is 13.0. The number of alkyl carbamates (subject to hydrolysis) is 1. The summed E-state index contributed by atoms with van der Waals surface area (Å²) < 4.78 is 10.8. The molecule has 218 valence electrons. The van der Waals surface area contributed by atoms with Crippen LogP contribution in [-0.2, 0) is 20.9 Å². The van der Waals surface area contributed by atoms with E-state index in [9.17, 15) is 14.4 Å². The molecule has 2 unspecified atom stereocenters. The van der Waals surface area contributed by atoms with Crippen LogP contribution in [0.15, 0.2) is 84.9 Å². The van der Waals surface area contributed by atoms with Gasteiger partial charge in [0.15, 0.2) is 0 Å². The summed E-state index contributed by atoms with van der Waals surface area (Å²) in [6, 6.07) is 23.3. The van der Waals surface area contributed by atoms with Gasteiger partial charge in [-0.3, -0.25) is 9.59 Å². The summed E-state index contributed by atoms with van der Waals surface area (Å²) in [6.45, 7) is 11.0. The van der Waals surface area contributed by atoms with E-state index in [-0.39, 0.29) is 12.5 Å². The number of carbonyl (C=O) groups excluding carboxylic acids is 3. The smallest absolute Gasteiger partial charge is 0.408 e. The fourth-order valence-electron chi connectivity index (χ4n) is 4.29. The van der Waals surface area contributed by atoms with Gasteiger partial charge in [0.05, 0.1) is 7.11 Å². The van der Waals surface area contributed by atoms with E-state index in [0.29, 0.717) is 16.9 Å². The highest BCUT2D eigenvalue weighted by molar-refractivity contribution is 5.93. The molecule has 41 heavy (non-hydrogen) atoms. The quantitative estimate of drug-likeness (QED) is 0.338. The van der Waals surface area contributed by atoms with Gasteiger partial charge in [-0.1, -0.05) is 72.8 Å². The van der Waals surface area contributed by atoms with Gasteiger partial charge in [-0.2, -0.15) is 0 Å². The average molecular weight is 560 g/mol. The van der Waals surface area contributed by atoms with Gasteiger partial charge in [-0.25, -0.2) is 4.79 Å². The molecular weight excluding hydrogens is 518 g/mol. The zero-order chi connectivity index (χ0) is 30.2. The highest BCUT2D eigenvalue weighted by atomic mass is 16.6. The standard InChI is InChI=1S/C33H41N3O5/c1-32(2,3)35-29(37)28(25-16-12-9-13-17-25)36(22-23-18-20-26(40-7)21-19-23)30(38)27(24-14-10-8-11-15-24)34-31(39)41-33(4,5)6/h8-21,27-28H,22H2,1-7H3,(H,34,39)(H,35,37). The summed E-state index contributed by atoms with van der Waals surface area (Å²) in [5.74, 6) is -0.129. The largest absolute Gasteiger partial charge is 0.497 e. The Morgan fingerprint density at radius 2 is 1.32 bits per heavy atom. The van der Waals surface area contributed by atoms with Crippen molar-refractivity contribution in [1.29, 1.82) is 0 Å². The summed E-state index contributed by atoms with van der Waals surface area (Å²) in [7, 11) is 1.58. The Morgan fingerprint density at radius 1 is 0.780 bits per heavy atom. The third-order valence-corrected chi connectivity index (χ3v) is 6.01. The highest BCUT2D eigenvalue weighted by Gasteiger charge is 2.38. The molecule has 2 atom stereocenters.